The van der Waals surface area contributed by atoms with Crippen LogP contribution in [0.25, 0.3) is 99.5 Å². The molecule has 56 heavy (non-hydrogen) atoms. The van der Waals surface area contributed by atoms with Gasteiger partial charge in [-0.3, -0.25) is 0 Å². The van der Waals surface area contributed by atoms with Crippen LogP contribution in [-0.4, -0.2) is 9.13 Å². The zero-order valence-electron chi connectivity index (χ0n) is 30.7. The molecule has 11 aromatic rings. The summed E-state index contributed by atoms with van der Waals surface area (Å²) in [6, 6.07) is 79.4. The highest BCUT2D eigenvalue weighted by molar-refractivity contribution is 6.12. The van der Waals surface area contributed by atoms with Crippen molar-refractivity contribution in [3.63, 3.8) is 0 Å². The number of benzene rings is 9. The molecule has 11 rings (SSSR count). The fourth-order valence-corrected chi connectivity index (χ4v) is 8.63. The van der Waals surface area contributed by atoms with Crippen LogP contribution in [0.5, 0.6) is 0 Å². The summed E-state index contributed by atoms with van der Waals surface area (Å²) in [6.45, 7) is 0. The van der Waals surface area contributed by atoms with E-state index in [0.717, 1.165) is 5.69 Å². The van der Waals surface area contributed by atoms with Crippen molar-refractivity contribution in [2.75, 3.05) is 0 Å². The second kappa shape index (κ2) is 13.2. The molecule has 0 radical (unpaired) electrons. The summed E-state index contributed by atoms with van der Waals surface area (Å²) < 4.78 is 4.80. The Morgan fingerprint density at radius 1 is 0.196 bits per heavy atom. The largest absolute Gasteiger partial charge is 0.309 e. The predicted octanol–water partition coefficient (Wildman–Crippen LogP) is 14.5. The molecule has 2 aromatic heterocycles. The Morgan fingerprint density at radius 3 is 1.12 bits per heavy atom. The number of nitrogens with zero attached hydrogens (tertiary/aromatic N) is 2. The standard InChI is InChI=1S/C54H36N2/c1-4-14-37(15-5-1)42-26-29-53-49(34-42)50-35-43(38-16-6-2-7-17-38)27-30-54(50)56(53)46-23-13-20-41(33-46)39-18-12-19-40(32-39)44-28-31-52-48(36-44)47-24-10-11-25-51(47)55(52)45-21-8-3-9-22-45/h1-36H. The van der Waals surface area contributed by atoms with Gasteiger partial charge in [0.15, 0.2) is 0 Å². The Morgan fingerprint density at radius 2 is 0.554 bits per heavy atom. The monoisotopic (exact) mass is 712 g/mol. The summed E-state index contributed by atoms with van der Waals surface area (Å²) in [7, 11) is 0. The van der Waals surface area contributed by atoms with Gasteiger partial charge in [0.25, 0.3) is 0 Å². The normalized spacial score (nSPS) is 11.6. The van der Waals surface area contributed by atoms with Crippen LogP contribution in [0.3, 0.4) is 0 Å². The molecule has 2 heterocycles. The molecule has 0 amide bonds. The van der Waals surface area contributed by atoms with Gasteiger partial charge in [0.1, 0.15) is 0 Å². The Kier molecular flexibility index (Phi) is 7.53. The summed E-state index contributed by atoms with van der Waals surface area (Å²) >= 11 is 0. The lowest BCUT2D eigenvalue weighted by Gasteiger charge is -2.12. The van der Waals surface area contributed by atoms with Crippen LogP contribution < -0.4 is 0 Å². The van der Waals surface area contributed by atoms with Crippen LogP contribution in [0.4, 0.5) is 0 Å². The molecule has 0 N–H and O–H groups in total. The Labute approximate surface area is 325 Å². The number of aromatic nitrogens is 2. The zero-order chi connectivity index (χ0) is 37.0. The van der Waals surface area contributed by atoms with E-state index in [4.69, 9.17) is 0 Å². The number of para-hydroxylation sites is 2. The summed E-state index contributed by atoms with van der Waals surface area (Å²) in [4.78, 5) is 0. The molecule has 0 saturated heterocycles. The summed E-state index contributed by atoms with van der Waals surface area (Å²) in [6.07, 6.45) is 0. The van der Waals surface area contributed by atoms with Crippen LogP contribution in [0, 0.1) is 0 Å². The Balaban J connectivity index is 1.03. The van der Waals surface area contributed by atoms with Crippen molar-refractivity contribution in [2.24, 2.45) is 0 Å². The van der Waals surface area contributed by atoms with Gasteiger partial charge >= 0.3 is 0 Å². The minimum absolute atomic E-state index is 1.14. The van der Waals surface area contributed by atoms with Crippen LogP contribution in [0.15, 0.2) is 218 Å². The summed E-state index contributed by atoms with van der Waals surface area (Å²) in [5.74, 6) is 0. The maximum Gasteiger partial charge on any atom is 0.0541 e. The van der Waals surface area contributed by atoms with E-state index in [1.165, 1.54) is 93.8 Å². The maximum absolute atomic E-state index is 2.43. The molecule has 0 aliphatic rings. The minimum Gasteiger partial charge on any atom is -0.309 e. The molecule has 0 saturated carbocycles. The average molecular weight is 713 g/mol. The molecule has 0 fully saturated rings. The van der Waals surface area contributed by atoms with Gasteiger partial charge in [0, 0.05) is 32.9 Å². The van der Waals surface area contributed by atoms with E-state index in [-0.39, 0.29) is 0 Å². The third-order valence-corrected chi connectivity index (χ3v) is 11.3. The first-order chi connectivity index (χ1) is 27.8. The van der Waals surface area contributed by atoms with Gasteiger partial charge < -0.3 is 9.13 Å². The molecule has 0 bridgehead atoms. The second-order valence-corrected chi connectivity index (χ2v) is 14.6. The van der Waals surface area contributed by atoms with Gasteiger partial charge in [0.05, 0.1) is 22.1 Å². The Bertz CT molecular complexity index is 3130. The quantitative estimate of drug-likeness (QED) is 0.162. The van der Waals surface area contributed by atoms with E-state index in [1.54, 1.807) is 0 Å². The number of rotatable bonds is 6. The topological polar surface area (TPSA) is 9.86 Å². The lowest BCUT2D eigenvalue weighted by Crippen LogP contribution is -1.94. The van der Waals surface area contributed by atoms with E-state index in [0.29, 0.717) is 0 Å². The number of hydrogen-bond acceptors (Lipinski definition) is 0. The molecule has 0 aliphatic carbocycles. The smallest absolute Gasteiger partial charge is 0.0541 e. The van der Waals surface area contributed by atoms with Gasteiger partial charge in [-0.2, -0.15) is 0 Å². The molecule has 0 spiro atoms. The minimum atomic E-state index is 1.14. The predicted molar refractivity (Wildman–Crippen MR) is 237 cm³/mol. The van der Waals surface area contributed by atoms with Crippen molar-refractivity contribution < 1.29 is 0 Å². The van der Waals surface area contributed by atoms with Gasteiger partial charge in [0.2, 0.25) is 0 Å². The molecule has 0 unspecified atom stereocenters. The van der Waals surface area contributed by atoms with Gasteiger partial charge in [-0.15, -0.1) is 0 Å². The van der Waals surface area contributed by atoms with Crippen LogP contribution in [0.2, 0.25) is 0 Å². The van der Waals surface area contributed by atoms with Crippen molar-refractivity contribution in [3.05, 3.63) is 218 Å². The average Bonchev–Trinajstić information content (AvgIpc) is 3.79. The first-order valence-electron chi connectivity index (χ1n) is 19.3. The van der Waals surface area contributed by atoms with E-state index in [1.807, 2.05) is 0 Å². The van der Waals surface area contributed by atoms with Crippen molar-refractivity contribution >= 4 is 43.6 Å². The highest BCUT2D eigenvalue weighted by Crippen LogP contribution is 2.39. The molecule has 0 aliphatic heterocycles. The molecule has 262 valence electrons. The molecule has 2 nitrogen and oxygen atoms in total. The van der Waals surface area contributed by atoms with Gasteiger partial charge in [-0.05, 0) is 117 Å². The van der Waals surface area contributed by atoms with Gasteiger partial charge in [-0.1, -0.05) is 146 Å². The molecular formula is C54H36N2. The van der Waals surface area contributed by atoms with Crippen molar-refractivity contribution in [2.45, 2.75) is 0 Å². The SMILES string of the molecule is c1ccc(-c2ccc3c(c2)c2cc(-c4ccccc4)ccc2n3-c2cccc(-c3cccc(-c4ccc5c(c4)c4ccccc4n5-c4ccccc4)c3)c2)cc1. The highest BCUT2D eigenvalue weighted by Gasteiger charge is 2.17. The maximum atomic E-state index is 2.43. The third kappa shape index (κ3) is 5.34. The summed E-state index contributed by atoms with van der Waals surface area (Å²) in [5, 5.41) is 5.01. The first-order valence-corrected chi connectivity index (χ1v) is 19.3. The molecular weight excluding hydrogens is 677 g/mol. The fraction of sp³-hybridized carbons (Fsp3) is 0. The lowest BCUT2D eigenvalue weighted by molar-refractivity contribution is 1.18. The van der Waals surface area contributed by atoms with Crippen LogP contribution in [-0.2, 0) is 0 Å². The van der Waals surface area contributed by atoms with Crippen molar-refractivity contribution in [1.29, 1.82) is 0 Å². The number of hydrogen-bond donors (Lipinski definition) is 0. The molecule has 9 aromatic carbocycles. The Hall–Kier alpha value is -7.42. The van der Waals surface area contributed by atoms with E-state index in [9.17, 15) is 0 Å². The molecule has 0 atom stereocenters. The third-order valence-electron chi connectivity index (χ3n) is 11.3. The van der Waals surface area contributed by atoms with Gasteiger partial charge in [-0.25, -0.2) is 0 Å². The van der Waals surface area contributed by atoms with E-state index >= 15 is 0 Å². The van der Waals surface area contributed by atoms with Crippen molar-refractivity contribution in [1.82, 2.24) is 9.13 Å². The lowest BCUT2D eigenvalue weighted by atomic mass is 9.97. The van der Waals surface area contributed by atoms with E-state index in [2.05, 4.69) is 228 Å². The second-order valence-electron chi connectivity index (χ2n) is 14.6. The zero-order valence-corrected chi connectivity index (χ0v) is 30.7. The summed E-state index contributed by atoms with van der Waals surface area (Å²) in [5.41, 5.74) is 16.8. The number of fused-ring (bicyclic) bond motifs is 6. The van der Waals surface area contributed by atoms with Crippen molar-refractivity contribution in [3.8, 4) is 55.9 Å². The van der Waals surface area contributed by atoms with Crippen LogP contribution >= 0.6 is 0 Å². The molecule has 2 heteroatoms. The fourth-order valence-electron chi connectivity index (χ4n) is 8.63. The first kappa shape index (κ1) is 32.0. The van der Waals surface area contributed by atoms with E-state index < -0.39 is 0 Å². The van der Waals surface area contributed by atoms with Crippen LogP contribution in [0.1, 0.15) is 0 Å². The highest BCUT2D eigenvalue weighted by atomic mass is 15.0.